The summed E-state index contributed by atoms with van der Waals surface area (Å²) < 4.78 is 0. The molecule has 1 aliphatic heterocycles. The van der Waals surface area contributed by atoms with Crippen LogP contribution in [0.1, 0.15) is 52.9 Å². The second kappa shape index (κ2) is 10.1. The fourth-order valence-electron chi connectivity index (χ4n) is 3.23. The number of hydrogen-bond acceptors (Lipinski definition) is 5. The van der Waals surface area contributed by atoms with E-state index in [1.54, 1.807) is 13.8 Å². The van der Waals surface area contributed by atoms with Crippen LogP contribution < -0.4 is 10.8 Å². The lowest BCUT2D eigenvalue weighted by atomic mass is 9.97. The molecular weight excluding hydrogens is 342 g/mol. The Balaban J connectivity index is 2.86. The van der Waals surface area contributed by atoms with Gasteiger partial charge in [0.05, 0.1) is 0 Å². The maximum Gasteiger partial charge on any atom is 0.326 e. The van der Waals surface area contributed by atoms with Gasteiger partial charge in [-0.05, 0) is 25.2 Å². The van der Waals surface area contributed by atoms with Crippen molar-refractivity contribution >= 4 is 23.7 Å². The molecule has 1 rings (SSSR count). The van der Waals surface area contributed by atoms with Crippen molar-refractivity contribution in [3.05, 3.63) is 0 Å². The zero-order chi connectivity index (χ0) is 19.9. The lowest BCUT2D eigenvalue weighted by Gasteiger charge is -2.29. The number of rotatable bonds is 9. The largest absolute Gasteiger partial charge is 0.480 e. The van der Waals surface area contributed by atoms with E-state index in [4.69, 9.17) is 5.21 Å². The van der Waals surface area contributed by atoms with Crippen LogP contribution >= 0.6 is 0 Å². The first kappa shape index (κ1) is 21.9. The number of amides is 3. The molecule has 3 atom stereocenters. The highest BCUT2D eigenvalue weighted by atomic mass is 16.5. The van der Waals surface area contributed by atoms with Gasteiger partial charge in [-0.2, -0.15) is 0 Å². The van der Waals surface area contributed by atoms with E-state index in [1.807, 2.05) is 6.92 Å². The van der Waals surface area contributed by atoms with E-state index < -0.39 is 35.8 Å². The van der Waals surface area contributed by atoms with Crippen molar-refractivity contribution in [2.45, 2.75) is 65.0 Å². The molecule has 1 aliphatic rings. The third-order valence-electron chi connectivity index (χ3n) is 4.61. The fourth-order valence-corrected chi connectivity index (χ4v) is 3.23. The van der Waals surface area contributed by atoms with Crippen LogP contribution in [-0.4, -0.2) is 57.5 Å². The number of carbonyl (C=O) groups is 4. The summed E-state index contributed by atoms with van der Waals surface area (Å²) in [5.41, 5.74) is 1.53. The minimum Gasteiger partial charge on any atom is -0.480 e. The molecule has 1 heterocycles. The van der Waals surface area contributed by atoms with E-state index in [2.05, 4.69) is 5.32 Å². The van der Waals surface area contributed by atoms with Gasteiger partial charge in [0.15, 0.2) is 0 Å². The first-order chi connectivity index (χ1) is 12.2. The molecule has 0 aromatic carbocycles. The van der Waals surface area contributed by atoms with Crippen molar-refractivity contribution in [3.8, 4) is 0 Å². The molecule has 0 radical (unpaired) electrons. The van der Waals surface area contributed by atoms with Gasteiger partial charge in [0.1, 0.15) is 12.1 Å². The van der Waals surface area contributed by atoms with Crippen molar-refractivity contribution in [2.24, 2.45) is 11.8 Å². The summed E-state index contributed by atoms with van der Waals surface area (Å²) in [5, 5.41) is 20.4. The summed E-state index contributed by atoms with van der Waals surface area (Å²) in [6, 6.07) is -1.76. The van der Waals surface area contributed by atoms with Crippen molar-refractivity contribution in [1.82, 2.24) is 15.7 Å². The van der Waals surface area contributed by atoms with Gasteiger partial charge in [0, 0.05) is 18.9 Å². The molecule has 9 heteroatoms. The van der Waals surface area contributed by atoms with Gasteiger partial charge in [0.25, 0.3) is 0 Å². The molecule has 1 saturated heterocycles. The van der Waals surface area contributed by atoms with E-state index in [1.165, 1.54) is 10.4 Å². The van der Waals surface area contributed by atoms with E-state index in [9.17, 15) is 24.3 Å². The third-order valence-corrected chi connectivity index (χ3v) is 4.61. The topological polar surface area (TPSA) is 136 Å². The zero-order valence-corrected chi connectivity index (χ0v) is 15.5. The van der Waals surface area contributed by atoms with Crippen LogP contribution in [0.5, 0.6) is 0 Å². The molecule has 26 heavy (non-hydrogen) atoms. The molecule has 0 unspecified atom stereocenters. The molecule has 0 spiro atoms. The Labute approximate surface area is 153 Å². The summed E-state index contributed by atoms with van der Waals surface area (Å²) in [5.74, 6) is -3.48. The van der Waals surface area contributed by atoms with E-state index >= 15 is 0 Å². The smallest absolute Gasteiger partial charge is 0.326 e. The van der Waals surface area contributed by atoms with E-state index in [-0.39, 0.29) is 18.2 Å². The average molecular weight is 371 g/mol. The molecule has 1 fully saturated rings. The molecule has 0 saturated carbocycles. The molecule has 3 amide bonds. The van der Waals surface area contributed by atoms with Gasteiger partial charge in [-0.1, -0.05) is 27.2 Å². The Morgan fingerprint density at radius 2 is 1.88 bits per heavy atom. The number of carboxylic acid groups (broad SMARTS) is 1. The lowest BCUT2D eigenvalue weighted by molar-refractivity contribution is -0.147. The highest BCUT2D eigenvalue weighted by molar-refractivity contribution is 5.92. The number of hydrogen-bond donors (Lipinski definition) is 4. The van der Waals surface area contributed by atoms with Gasteiger partial charge in [-0.3, -0.25) is 19.6 Å². The van der Waals surface area contributed by atoms with Gasteiger partial charge >= 0.3 is 5.97 Å². The monoisotopic (exact) mass is 371 g/mol. The highest BCUT2D eigenvalue weighted by Crippen LogP contribution is 2.24. The Kier molecular flexibility index (Phi) is 8.50. The number of carbonyl (C=O) groups excluding carboxylic acids is 3. The predicted octanol–water partition coefficient (Wildman–Crippen LogP) is 0.515. The second-order valence-corrected chi connectivity index (χ2v) is 6.98. The molecule has 0 aromatic heterocycles. The number of nitrogens with zero attached hydrogens (tertiary/aromatic N) is 1. The SMILES string of the molecule is CCC[C@@H](CC(=O)NO)C(=O)N1CCC[C@H]1C(=O)N[C@H](C(=O)O)C(C)C. The Hall–Kier alpha value is -2.16. The fraction of sp³-hybridized carbons (Fsp3) is 0.765. The maximum absolute atomic E-state index is 12.8. The van der Waals surface area contributed by atoms with Crippen LogP contribution in [0.2, 0.25) is 0 Å². The number of likely N-dealkylation sites (tertiary alicyclic amines) is 1. The standard InChI is InChI=1S/C17H29N3O6/c1-4-6-11(9-13(21)19-26)16(23)20-8-5-7-12(20)15(22)18-14(10(2)3)17(24)25/h10-12,14,26H,4-9H2,1-3H3,(H,18,22)(H,19,21)(H,24,25)/t11-,12-,14-/m0/s1. The maximum atomic E-state index is 12.8. The molecule has 148 valence electrons. The van der Waals surface area contributed by atoms with Gasteiger partial charge in [-0.15, -0.1) is 0 Å². The minimum atomic E-state index is -1.12. The first-order valence-electron chi connectivity index (χ1n) is 8.99. The van der Waals surface area contributed by atoms with Crippen molar-refractivity contribution in [1.29, 1.82) is 0 Å². The average Bonchev–Trinajstić information content (AvgIpc) is 3.07. The van der Waals surface area contributed by atoms with Gasteiger partial charge < -0.3 is 15.3 Å². The number of carboxylic acids is 1. The number of hydroxylamine groups is 1. The van der Waals surface area contributed by atoms with E-state index in [0.717, 1.165) is 0 Å². The van der Waals surface area contributed by atoms with Crippen LogP contribution in [0.15, 0.2) is 0 Å². The van der Waals surface area contributed by atoms with Crippen LogP contribution in [0, 0.1) is 11.8 Å². The van der Waals surface area contributed by atoms with Crippen molar-refractivity contribution in [3.63, 3.8) is 0 Å². The Morgan fingerprint density at radius 3 is 2.38 bits per heavy atom. The molecule has 9 nitrogen and oxygen atoms in total. The zero-order valence-electron chi connectivity index (χ0n) is 15.5. The van der Waals surface area contributed by atoms with Crippen LogP contribution in [0.3, 0.4) is 0 Å². The first-order valence-corrected chi connectivity index (χ1v) is 8.99. The normalized spacial score (nSPS) is 19.1. The number of nitrogens with one attached hydrogen (secondary N) is 2. The van der Waals surface area contributed by atoms with Crippen LogP contribution in [0.25, 0.3) is 0 Å². The Morgan fingerprint density at radius 1 is 1.23 bits per heavy atom. The summed E-state index contributed by atoms with van der Waals surface area (Å²) in [6.45, 7) is 5.66. The lowest BCUT2D eigenvalue weighted by Crippen LogP contribution is -2.53. The van der Waals surface area contributed by atoms with E-state index in [0.29, 0.717) is 32.2 Å². The summed E-state index contributed by atoms with van der Waals surface area (Å²) in [4.78, 5) is 49.5. The third kappa shape index (κ3) is 5.69. The number of aliphatic carboxylic acids is 1. The van der Waals surface area contributed by atoms with Crippen molar-refractivity contribution < 1.29 is 29.5 Å². The van der Waals surface area contributed by atoms with Gasteiger partial charge in [0.2, 0.25) is 17.7 Å². The highest BCUT2D eigenvalue weighted by Gasteiger charge is 2.38. The van der Waals surface area contributed by atoms with Gasteiger partial charge in [-0.25, -0.2) is 10.3 Å². The predicted molar refractivity (Wildman–Crippen MR) is 92.1 cm³/mol. The minimum absolute atomic E-state index is 0.155. The molecule has 0 aliphatic carbocycles. The summed E-state index contributed by atoms with van der Waals surface area (Å²) in [6.07, 6.45) is 2.06. The second-order valence-electron chi connectivity index (χ2n) is 6.98. The molecular formula is C17H29N3O6. The molecule has 4 N–H and O–H groups in total. The summed E-state index contributed by atoms with van der Waals surface area (Å²) >= 11 is 0. The van der Waals surface area contributed by atoms with Crippen LogP contribution in [-0.2, 0) is 19.2 Å². The molecule has 0 bridgehead atoms. The quantitative estimate of drug-likeness (QED) is 0.344. The molecule has 0 aromatic rings. The van der Waals surface area contributed by atoms with Crippen molar-refractivity contribution in [2.75, 3.05) is 6.54 Å². The van der Waals surface area contributed by atoms with Crippen LogP contribution in [0.4, 0.5) is 0 Å². The summed E-state index contributed by atoms with van der Waals surface area (Å²) in [7, 11) is 0. The Bertz CT molecular complexity index is 537.